The minimum Gasteiger partial charge on any atom is -0.497 e. The van der Waals surface area contributed by atoms with Crippen LogP contribution in [-0.2, 0) is 16.0 Å². The van der Waals surface area contributed by atoms with Crippen LogP contribution in [0.3, 0.4) is 0 Å². The Morgan fingerprint density at radius 1 is 0.927 bits per heavy atom. The zero-order chi connectivity index (χ0) is 28.7. The second-order valence-electron chi connectivity index (χ2n) is 9.61. The van der Waals surface area contributed by atoms with E-state index < -0.39 is 0 Å². The maximum Gasteiger partial charge on any atom is 0.251 e. The number of aromatic nitrogens is 3. The SMILES string of the molecule is COc1ccc(CNc2nc(Nc3cccc(C(=O)NCCOCCOCCN)c3)nc(NC3CCCC3)n2)cc1. The fourth-order valence-electron chi connectivity index (χ4n) is 4.36. The Morgan fingerprint density at radius 3 is 2.41 bits per heavy atom. The van der Waals surface area contributed by atoms with Crippen molar-refractivity contribution in [1.29, 1.82) is 0 Å². The van der Waals surface area contributed by atoms with Crippen molar-refractivity contribution in [2.24, 2.45) is 5.73 Å². The molecule has 0 spiro atoms. The highest BCUT2D eigenvalue weighted by atomic mass is 16.5. The highest BCUT2D eigenvalue weighted by Crippen LogP contribution is 2.23. The van der Waals surface area contributed by atoms with Crippen LogP contribution >= 0.6 is 0 Å². The number of carbonyl (C=O) groups excluding carboxylic acids is 1. The summed E-state index contributed by atoms with van der Waals surface area (Å²) in [5.74, 6) is 1.94. The van der Waals surface area contributed by atoms with Gasteiger partial charge in [-0.2, -0.15) is 15.0 Å². The lowest BCUT2D eigenvalue weighted by Crippen LogP contribution is -2.27. The van der Waals surface area contributed by atoms with Crippen LogP contribution in [0.1, 0.15) is 41.6 Å². The number of benzene rings is 2. The molecule has 1 saturated carbocycles. The van der Waals surface area contributed by atoms with Crippen LogP contribution in [0.25, 0.3) is 0 Å². The first-order chi connectivity index (χ1) is 20.1. The van der Waals surface area contributed by atoms with Crippen molar-refractivity contribution >= 4 is 29.4 Å². The number of carbonyl (C=O) groups is 1. The molecule has 1 aromatic heterocycles. The summed E-state index contributed by atoms with van der Waals surface area (Å²) >= 11 is 0. The molecule has 41 heavy (non-hydrogen) atoms. The van der Waals surface area contributed by atoms with E-state index in [2.05, 4.69) is 36.2 Å². The van der Waals surface area contributed by atoms with Gasteiger partial charge in [-0.1, -0.05) is 31.0 Å². The lowest BCUT2D eigenvalue weighted by atomic mass is 10.2. The van der Waals surface area contributed by atoms with Crippen LogP contribution in [0, 0.1) is 0 Å². The number of amides is 1. The summed E-state index contributed by atoms with van der Waals surface area (Å²) in [4.78, 5) is 26.5. The average molecular weight is 565 g/mol. The van der Waals surface area contributed by atoms with Gasteiger partial charge in [-0.15, -0.1) is 0 Å². The molecule has 0 saturated heterocycles. The molecule has 0 atom stereocenters. The van der Waals surface area contributed by atoms with Gasteiger partial charge in [0.2, 0.25) is 17.8 Å². The third kappa shape index (κ3) is 10.2. The molecule has 220 valence electrons. The second-order valence-corrected chi connectivity index (χ2v) is 9.61. The summed E-state index contributed by atoms with van der Waals surface area (Å²) in [5.41, 5.74) is 7.64. The number of anilines is 4. The zero-order valence-electron chi connectivity index (χ0n) is 23.5. The molecule has 12 heteroatoms. The standard InChI is InChI=1S/C29H40N8O4/c1-39-25-11-9-21(10-12-25)20-32-27-35-28(33-23-6-2-3-7-23)37-29(36-27)34-24-8-4-5-22(19-24)26(38)31-14-16-41-18-17-40-15-13-30/h4-5,8-12,19,23H,2-3,6-7,13-18,20,30H2,1H3,(H,31,38)(H3,32,33,34,35,36,37). The predicted molar refractivity (Wildman–Crippen MR) is 159 cm³/mol. The summed E-state index contributed by atoms with van der Waals surface area (Å²) in [6.45, 7) is 3.25. The molecule has 0 radical (unpaired) electrons. The molecule has 6 N–H and O–H groups in total. The minimum atomic E-state index is -0.197. The number of nitrogens with zero attached hydrogens (tertiary/aromatic N) is 3. The molecule has 1 fully saturated rings. The zero-order valence-corrected chi connectivity index (χ0v) is 23.5. The Hall–Kier alpha value is -4.00. The Kier molecular flexibility index (Phi) is 11.9. The van der Waals surface area contributed by atoms with Crippen molar-refractivity contribution in [3.63, 3.8) is 0 Å². The van der Waals surface area contributed by atoms with Gasteiger partial charge in [-0.25, -0.2) is 0 Å². The summed E-state index contributed by atoms with van der Waals surface area (Å²) in [7, 11) is 1.65. The number of methoxy groups -OCH3 is 1. The molecule has 0 bridgehead atoms. The Bertz CT molecular complexity index is 1220. The van der Waals surface area contributed by atoms with Crippen molar-refractivity contribution in [3.8, 4) is 5.75 Å². The third-order valence-corrected chi connectivity index (χ3v) is 6.48. The van der Waals surface area contributed by atoms with Crippen LogP contribution in [0.2, 0.25) is 0 Å². The molecular formula is C29H40N8O4. The fraction of sp³-hybridized carbons (Fsp3) is 0.448. The van der Waals surface area contributed by atoms with Gasteiger partial charge in [0.25, 0.3) is 5.91 Å². The number of nitrogens with one attached hydrogen (secondary N) is 4. The maximum absolute atomic E-state index is 12.7. The molecule has 0 unspecified atom stereocenters. The first-order valence-corrected chi connectivity index (χ1v) is 14.0. The summed E-state index contributed by atoms with van der Waals surface area (Å²) in [5, 5.41) is 12.8. The molecule has 4 rings (SSSR count). The van der Waals surface area contributed by atoms with E-state index in [1.807, 2.05) is 36.4 Å². The number of rotatable bonds is 17. The van der Waals surface area contributed by atoms with E-state index >= 15 is 0 Å². The monoisotopic (exact) mass is 564 g/mol. The van der Waals surface area contributed by atoms with Gasteiger partial charge < -0.3 is 41.2 Å². The van der Waals surface area contributed by atoms with E-state index in [1.165, 1.54) is 12.8 Å². The van der Waals surface area contributed by atoms with E-state index in [-0.39, 0.29) is 5.91 Å². The van der Waals surface area contributed by atoms with Crippen molar-refractivity contribution in [1.82, 2.24) is 20.3 Å². The molecule has 1 aliphatic carbocycles. The molecule has 0 aliphatic heterocycles. The van der Waals surface area contributed by atoms with Gasteiger partial charge in [0.1, 0.15) is 5.75 Å². The van der Waals surface area contributed by atoms with Crippen molar-refractivity contribution in [2.45, 2.75) is 38.3 Å². The van der Waals surface area contributed by atoms with Crippen molar-refractivity contribution in [3.05, 3.63) is 59.7 Å². The van der Waals surface area contributed by atoms with Crippen LogP contribution in [0.15, 0.2) is 48.5 Å². The highest BCUT2D eigenvalue weighted by molar-refractivity contribution is 5.95. The van der Waals surface area contributed by atoms with E-state index in [1.54, 1.807) is 19.2 Å². The summed E-state index contributed by atoms with van der Waals surface area (Å²) < 4.78 is 16.0. The number of ether oxygens (including phenoxy) is 3. The van der Waals surface area contributed by atoms with Gasteiger partial charge in [0, 0.05) is 36.9 Å². The number of hydrogen-bond acceptors (Lipinski definition) is 11. The summed E-state index contributed by atoms with van der Waals surface area (Å²) in [6, 6.07) is 15.3. The number of nitrogens with two attached hydrogens (primary N) is 1. The highest BCUT2D eigenvalue weighted by Gasteiger charge is 2.17. The van der Waals surface area contributed by atoms with Gasteiger partial charge in [0.05, 0.1) is 33.5 Å². The second kappa shape index (κ2) is 16.3. The predicted octanol–water partition coefficient (Wildman–Crippen LogP) is 3.31. The molecule has 1 amide bonds. The lowest BCUT2D eigenvalue weighted by molar-refractivity contribution is 0.0511. The van der Waals surface area contributed by atoms with Gasteiger partial charge in [-0.3, -0.25) is 4.79 Å². The minimum absolute atomic E-state index is 0.197. The van der Waals surface area contributed by atoms with E-state index in [9.17, 15) is 4.79 Å². The molecule has 12 nitrogen and oxygen atoms in total. The summed E-state index contributed by atoms with van der Waals surface area (Å²) in [6.07, 6.45) is 4.57. The van der Waals surface area contributed by atoms with Gasteiger partial charge >= 0.3 is 0 Å². The van der Waals surface area contributed by atoms with E-state index in [0.717, 1.165) is 24.2 Å². The van der Waals surface area contributed by atoms with Crippen molar-refractivity contribution in [2.75, 3.05) is 62.6 Å². The van der Waals surface area contributed by atoms with Gasteiger partial charge in [-0.05, 0) is 48.7 Å². The first kappa shape index (κ1) is 30.0. The van der Waals surface area contributed by atoms with Crippen LogP contribution in [-0.4, -0.2) is 73.5 Å². The quantitative estimate of drug-likeness (QED) is 0.153. The Morgan fingerprint density at radius 2 is 1.66 bits per heavy atom. The molecule has 2 aromatic carbocycles. The lowest BCUT2D eigenvalue weighted by Gasteiger charge is -2.15. The maximum atomic E-state index is 12.7. The molecule has 3 aromatic rings. The van der Waals surface area contributed by atoms with Gasteiger partial charge in [0.15, 0.2) is 0 Å². The largest absolute Gasteiger partial charge is 0.497 e. The topological polar surface area (TPSA) is 158 Å². The Labute approximate surface area is 240 Å². The smallest absolute Gasteiger partial charge is 0.251 e. The average Bonchev–Trinajstić information content (AvgIpc) is 3.50. The molecular weight excluding hydrogens is 524 g/mol. The molecule has 1 heterocycles. The number of hydrogen-bond donors (Lipinski definition) is 5. The third-order valence-electron chi connectivity index (χ3n) is 6.48. The first-order valence-electron chi connectivity index (χ1n) is 14.0. The van der Waals surface area contributed by atoms with E-state index in [4.69, 9.17) is 19.9 Å². The normalized spacial score (nSPS) is 13.1. The van der Waals surface area contributed by atoms with E-state index in [0.29, 0.717) is 81.2 Å². The van der Waals surface area contributed by atoms with Crippen LogP contribution in [0.5, 0.6) is 5.75 Å². The molecule has 1 aliphatic rings. The van der Waals surface area contributed by atoms with Crippen LogP contribution in [0.4, 0.5) is 23.5 Å². The van der Waals surface area contributed by atoms with Crippen molar-refractivity contribution < 1.29 is 19.0 Å². The van der Waals surface area contributed by atoms with Crippen LogP contribution < -0.4 is 31.7 Å². The fourth-order valence-corrected chi connectivity index (χ4v) is 4.36. The Balaban J connectivity index is 1.37.